The van der Waals surface area contributed by atoms with Gasteiger partial charge in [-0.1, -0.05) is 31.4 Å². The van der Waals surface area contributed by atoms with Gasteiger partial charge in [-0.25, -0.2) is 4.52 Å². The number of anilines is 1. The van der Waals surface area contributed by atoms with Gasteiger partial charge in [0.15, 0.2) is 0 Å². The molecule has 29 heavy (non-hydrogen) atoms. The summed E-state index contributed by atoms with van der Waals surface area (Å²) in [5.74, 6) is 2.19. The van der Waals surface area contributed by atoms with Gasteiger partial charge in [0, 0.05) is 12.6 Å². The summed E-state index contributed by atoms with van der Waals surface area (Å²) in [5.41, 5.74) is 3.20. The molecule has 0 unspecified atom stereocenters. The van der Waals surface area contributed by atoms with E-state index in [1.165, 1.54) is 32.1 Å². The molecule has 4 rings (SSSR count). The lowest BCUT2D eigenvalue weighted by molar-refractivity contribution is 0.308. The van der Waals surface area contributed by atoms with Crippen LogP contribution in [0.5, 0.6) is 11.5 Å². The fraction of sp³-hybridized carbons (Fsp3) is 0.391. The number of nitriles is 1. The second kappa shape index (κ2) is 8.87. The highest BCUT2D eigenvalue weighted by Crippen LogP contribution is 2.29. The van der Waals surface area contributed by atoms with Gasteiger partial charge < -0.3 is 14.8 Å². The van der Waals surface area contributed by atoms with E-state index in [1.54, 1.807) is 17.8 Å². The zero-order chi connectivity index (χ0) is 20.1. The third-order valence-electron chi connectivity index (χ3n) is 5.57. The number of pyridine rings is 1. The molecule has 3 aromatic rings. The Labute approximate surface area is 171 Å². The fourth-order valence-electron chi connectivity index (χ4n) is 3.91. The minimum absolute atomic E-state index is 0.405. The summed E-state index contributed by atoms with van der Waals surface area (Å²) in [7, 11) is 1.65. The Bertz CT molecular complexity index is 998. The molecule has 1 saturated carbocycles. The Hall–Kier alpha value is -3.20. The van der Waals surface area contributed by atoms with Crippen LogP contribution in [-0.2, 0) is 6.61 Å². The molecule has 1 fully saturated rings. The van der Waals surface area contributed by atoms with Crippen molar-refractivity contribution in [2.24, 2.45) is 5.92 Å². The Morgan fingerprint density at radius 3 is 2.72 bits per heavy atom. The number of methoxy groups -OCH3 is 1. The van der Waals surface area contributed by atoms with E-state index in [0.29, 0.717) is 23.4 Å². The molecule has 1 aromatic carbocycles. The fourth-order valence-corrected chi connectivity index (χ4v) is 3.91. The van der Waals surface area contributed by atoms with Gasteiger partial charge in [-0.05, 0) is 36.5 Å². The first-order valence-corrected chi connectivity index (χ1v) is 10.2. The third-order valence-corrected chi connectivity index (χ3v) is 5.57. The summed E-state index contributed by atoms with van der Waals surface area (Å²) in [4.78, 5) is 0. The number of hydrogen-bond donors (Lipinski definition) is 1. The van der Waals surface area contributed by atoms with E-state index in [-0.39, 0.29) is 0 Å². The molecule has 150 valence electrons. The highest BCUT2D eigenvalue weighted by Gasteiger charge is 2.15. The highest BCUT2D eigenvalue weighted by molar-refractivity contribution is 5.72. The molecule has 0 saturated heterocycles. The van der Waals surface area contributed by atoms with E-state index in [1.807, 2.05) is 36.5 Å². The summed E-state index contributed by atoms with van der Waals surface area (Å²) >= 11 is 0. The topological polar surface area (TPSA) is 71.6 Å². The van der Waals surface area contributed by atoms with Crippen LogP contribution in [0.1, 0.15) is 43.2 Å². The van der Waals surface area contributed by atoms with Gasteiger partial charge in [-0.2, -0.15) is 10.4 Å². The zero-order valence-electron chi connectivity index (χ0n) is 16.7. The van der Waals surface area contributed by atoms with Crippen molar-refractivity contribution in [3.05, 3.63) is 53.9 Å². The van der Waals surface area contributed by atoms with Crippen molar-refractivity contribution < 1.29 is 9.47 Å². The molecule has 1 aliphatic rings. The van der Waals surface area contributed by atoms with Gasteiger partial charge in [0.05, 0.1) is 25.2 Å². The quantitative estimate of drug-likeness (QED) is 0.628. The van der Waals surface area contributed by atoms with Gasteiger partial charge in [-0.3, -0.25) is 0 Å². The molecular weight excluding hydrogens is 364 g/mol. The van der Waals surface area contributed by atoms with Crippen LogP contribution in [0.15, 0.2) is 42.7 Å². The number of rotatable bonds is 7. The summed E-state index contributed by atoms with van der Waals surface area (Å²) in [6.07, 6.45) is 10.1. The summed E-state index contributed by atoms with van der Waals surface area (Å²) < 4.78 is 13.1. The van der Waals surface area contributed by atoms with Gasteiger partial charge in [0.1, 0.15) is 35.3 Å². The largest absolute Gasteiger partial charge is 0.497 e. The average Bonchev–Trinajstić information content (AvgIpc) is 3.20. The third kappa shape index (κ3) is 4.45. The van der Waals surface area contributed by atoms with Crippen molar-refractivity contribution >= 4 is 11.2 Å². The van der Waals surface area contributed by atoms with Crippen molar-refractivity contribution in [1.29, 1.82) is 5.26 Å². The van der Waals surface area contributed by atoms with Crippen LogP contribution in [0.2, 0.25) is 0 Å². The van der Waals surface area contributed by atoms with E-state index >= 15 is 0 Å². The van der Waals surface area contributed by atoms with Crippen molar-refractivity contribution in [2.45, 2.75) is 38.7 Å². The van der Waals surface area contributed by atoms with E-state index in [2.05, 4.69) is 16.5 Å². The molecule has 0 spiro atoms. The Kier molecular flexibility index (Phi) is 5.85. The van der Waals surface area contributed by atoms with E-state index < -0.39 is 0 Å². The molecule has 0 radical (unpaired) electrons. The molecule has 1 aliphatic carbocycles. The molecule has 0 amide bonds. The first-order valence-electron chi connectivity index (χ1n) is 10.2. The second-order valence-electron chi connectivity index (χ2n) is 7.58. The number of nitrogens with one attached hydrogen (secondary N) is 1. The number of benzene rings is 1. The van der Waals surface area contributed by atoms with E-state index in [0.717, 1.165) is 29.5 Å². The summed E-state index contributed by atoms with van der Waals surface area (Å²) in [6.45, 7) is 1.36. The Balaban J connectivity index is 1.54. The predicted octanol–water partition coefficient (Wildman–Crippen LogP) is 4.79. The predicted molar refractivity (Wildman–Crippen MR) is 112 cm³/mol. The summed E-state index contributed by atoms with van der Waals surface area (Å²) in [5, 5.41) is 17.3. The van der Waals surface area contributed by atoms with Crippen molar-refractivity contribution in [1.82, 2.24) is 9.61 Å². The van der Waals surface area contributed by atoms with Crippen LogP contribution in [0, 0.1) is 17.2 Å². The lowest BCUT2D eigenvalue weighted by atomic mass is 9.89. The average molecular weight is 390 g/mol. The van der Waals surface area contributed by atoms with Crippen molar-refractivity contribution in [3.63, 3.8) is 0 Å². The molecule has 0 atom stereocenters. The van der Waals surface area contributed by atoms with Crippen LogP contribution >= 0.6 is 0 Å². The lowest BCUT2D eigenvalue weighted by Gasteiger charge is -2.22. The van der Waals surface area contributed by atoms with Crippen molar-refractivity contribution in [2.75, 3.05) is 19.0 Å². The van der Waals surface area contributed by atoms with E-state index in [9.17, 15) is 5.26 Å². The normalized spacial score (nSPS) is 14.5. The maximum Gasteiger partial charge on any atom is 0.149 e. The standard InChI is InChI=1S/C23H26N4O2/c1-28-21-9-7-18(8-10-21)16-29-22-11-20(25-13-17-5-3-2-4-6-17)15-27-23(22)19(12-24)14-26-27/h7-11,14-15,17,25H,2-6,13,16H2,1H3. The second-order valence-corrected chi connectivity index (χ2v) is 7.58. The number of hydrogen-bond acceptors (Lipinski definition) is 5. The van der Waals surface area contributed by atoms with Crippen molar-refractivity contribution in [3.8, 4) is 17.6 Å². The summed E-state index contributed by atoms with van der Waals surface area (Å²) in [6, 6.07) is 12.0. The number of aromatic nitrogens is 2. The van der Waals surface area contributed by atoms with Gasteiger partial charge in [0.2, 0.25) is 0 Å². The Morgan fingerprint density at radius 1 is 1.21 bits per heavy atom. The van der Waals surface area contributed by atoms with Gasteiger partial charge >= 0.3 is 0 Å². The molecule has 0 bridgehead atoms. The van der Waals surface area contributed by atoms with Crippen LogP contribution in [0.25, 0.3) is 5.52 Å². The smallest absolute Gasteiger partial charge is 0.149 e. The lowest BCUT2D eigenvalue weighted by Crippen LogP contribution is -2.17. The number of nitrogens with zero attached hydrogens (tertiary/aromatic N) is 3. The minimum atomic E-state index is 0.405. The molecular formula is C23H26N4O2. The maximum absolute atomic E-state index is 9.45. The van der Waals surface area contributed by atoms with Gasteiger partial charge in [-0.15, -0.1) is 0 Å². The zero-order valence-corrected chi connectivity index (χ0v) is 16.7. The maximum atomic E-state index is 9.45. The molecule has 6 heteroatoms. The van der Waals surface area contributed by atoms with E-state index in [4.69, 9.17) is 9.47 Å². The molecule has 2 aromatic heterocycles. The molecule has 1 N–H and O–H groups in total. The van der Waals surface area contributed by atoms with Crippen LogP contribution in [0.3, 0.4) is 0 Å². The highest BCUT2D eigenvalue weighted by atomic mass is 16.5. The number of fused-ring (bicyclic) bond motifs is 1. The Morgan fingerprint density at radius 2 is 2.00 bits per heavy atom. The first-order chi connectivity index (χ1) is 14.3. The molecule has 0 aliphatic heterocycles. The minimum Gasteiger partial charge on any atom is -0.497 e. The molecule has 2 heterocycles. The SMILES string of the molecule is COc1ccc(COc2cc(NCC3CCCCC3)cn3ncc(C#N)c23)cc1. The van der Waals surface area contributed by atoms with Crippen LogP contribution in [0.4, 0.5) is 5.69 Å². The van der Waals surface area contributed by atoms with Crippen LogP contribution in [-0.4, -0.2) is 23.3 Å². The first kappa shape index (κ1) is 19.1. The monoisotopic (exact) mass is 390 g/mol. The van der Waals surface area contributed by atoms with Gasteiger partial charge in [0.25, 0.3) is 0 Å². The molecule has 6 nitrogen and oxygen atoms in total. The number of ether oxygens (including phenoxy) is 2. The van der Waals surface area contributed by atoms with Crippen LogP contribution < -0.4 is 14.8 Å².